The second-order valence-electron chi connectivity index (χ2n) is 4.92. The summed E-state index contributed by atoms with van der Waals surface area (Å²) in [5.41, 5.74) is 4.41. The summed E-state index contributed by atoms with van der Waals surface area (Å²) in [5.74, 6) is 6.95. The Morgan fingerprint density at radius 2 is 1.86 bits per heavy atom. The lowest BCUT2D eigenvalue weighted by Crippen LogP contribution is -2.00. The first kappa shape index (κ1) is 15.2. The van der Waals surface area contributed by atoms with Crippen LogP contribution in [0.15, 0.2) is 42.5 Å². The summed E-state index contributed by atoms with van der Waals surface area (Å²) in [7, 11) is 0. The molecule has 21 heavy (non-hydrogen) atoms. The van der Waals surface area contributed by atoms with Gasteiger partial charge >= 0.3 is 0 Å². The Bertz CT molecular complexity index is 663. The average Bonchev–Trinajstić information content (AvgIpc) is 2.50. The first-order valence-electron chi connectivity index (χ1n) is 7.09. The van der Waals surface area contributed by atoms with Crippen molar-refractivity contribution in [3.8, 4) is 17.6 Å². The van der Waals surface area contributed by atoms with E-state index in [2.05, 4.69) is 31.8 Å². The van der Waals surface area contributed by atoms with Gasteiger partial charge in [0.25, 0.3) is 0 Å². The molecule has 0 aliphatic heterocycles. The molecule has 0 saturated carbocycles. The molecule has 0 radical (unpaired) electrons. The predicted octanol–water partition coefficient (Wildman–Crippen LogP) is 3.62. The van der Waals surface area contributed by atoms with Crippen LogP contribution in [0.2, 0.25) is 0 Å². The third kappa shape index (κ3) is 4.11. The number of hydrogen-bond acceptors (Lipinski definition) is 2. The molecular weight excluding hydrogens is 260 g/mol. The van der Waals surface area contributed by atoms with Crippen molar-refractivity contribution < 1.29 is 9.84 Å². The van der Waals surface area contributed by atoms with Gasteiger partial charge in [-0.2, -0.15) is 0 Å². The second kappa shape index (κ2) is 7.52. The highest BCUT2D eigenvalue weighted by Gasteiger charge is 2.04. The normalized spacial score (nSPS) is 9.86. The Hall–Kier alpha value is -2.24. The van der Waals surface area contributed by atoms with Crippen LogP contribution in [0, 0.1) is 25.7 Å². The van der Waals surface area contributed by atoms with Crippen molar-refractivity contribution in [3.05, 3.63) is 64.7 Å². The summed E-state index contributed by atoms with van der Waals surface area (Å²) in [4.78, 5) is 0. The van der Waals surface area contributed by atoms with Crippen LogP contribution in [0.25, 0.3) is 0 Å². The third-order valence-electron chi connectivity index (χ3n) is 3.42. The molecule has 2 rings (SSSR count). The molecule has 0 aliphatic rings. The van der Waals surface area contributed by atoms with E-state index in [1.54, 1.807) is 0 Å². The molecule has 0 saturated heterocycles. The monoisotopic (exact) mass is 280 g/mol. The largest absolute Gasteiger partial charge is 0.489 e. The van der Waals surface area contributed by atoms with Gasteiger partial charge in [0, 0.05) is 17.5 Å². The molecule has 0 amide bonds. The van der Waals surface area contributed by atoms with Gasteiger partial charge in [-0.1, -0.05) is 42.2 Å². The quantitative estimate of drug-likeness (QED) is 0.867. The van der Waals surface area contributed by atoms with Crippen LogP contribution >= 0.6 is 0 Å². The van der Waals surface area contributed by atoms with Crippen LogP contribution in [-0.4, -0.2) is 11.7 Å². The Morgan fingerprint density at radius 1 is 1.05 bits per heavy atom. The summed E-state index contributed by atoms with van der Waals surface area (Å²) in [5, 5.41) is 8.79. The van der Waals surface area contributed by atoms with Crippen LogP contribution in [0.1, 0.15) is 28.7 Å². The summed E-state index contributed by atoms with van der Waals surface area (Å²) in [6.07, 6.45) is 0.492. The average molecular weight is 280 g/mol. The van der Waals surface area contributed by atoms with Crippen molar-refractivity contribution in [2.75, 3.05) is 6.61 Å². The minimum Gasteiger partial charge on any atom is -0.489 e. The molecule has 0 bridgehead atoms. The smallest absolute Gasteiger partial charge is 0.122 e. The summed E-state index contributed by atoms with van der Waals surface area (Å²) in [6, 6.07) is 14.0. The molecule has 0 fully saturated rings. The lowest BCUT2D eigenvalue weighted by Gasteiger charge is -2.11. The van der Waals surface area contributed by atoms with E-state index in [4.69, 9.17) is 9.84 Å². The Labute approximate surface area is 126 Å². The first-order valence-corrected chi connectivity index (χ1v) is 7.09. The van der Waals surface area contributed by atoms with Gasteiger partial charge in [0.15, 0.2) is 0 Å². The molecule has 2 heteroatoms. The SMILES string of the molecule is Cc1cccc(OCc2ccccc2C#CCCO)c1C. The van der Waals surface area contributed by atoms with Crippen LogP contribution in [0.5, 0.6) is 5.75 Å². The van der Waals surface area contributed by atoms with E-state index in [0.29, 0.717) is 13.0 Å². The van der Waals surface area contributed by atoms with Gasteiger partial charge in [0.05, 0.1) is 6.61 Å². The van der Waals surface area contributed by atoms with Crippen molar-refractivity contribution >= 4 is 0 Å². The molecule has 0 aliphatic carbocycles. The summed E-state index contributed by atoms with van der Waals surface area (Å²) < 4.78 is 5.93. The Kier molecular flexibility index (Phi) is 5.43. The highest BCUT2D eigenvalue weighted by Crippen LogP contribution is 2.22. The number of aryl methyl sites for hydroxylation is 1. The number of ether oxygens (including phenoxy) is 1. The van der Waals surface area contributed by atoms with Gasteiger partial charge < -0.3 is 9.84 Å². The molecule has 2 aromatic carbocycles. The van der Waals surface area contributed by atoms with Gasteiger partial charge in [0.1, 0.15) is 12.4 Å². The van der Waals surface area contributed by atoms with E-state index in [1.165, 1.54) is 11.1 Å². The van der Waals surface area contributed by atoms with Crippen LogP contribution in [-0.2, 0) is 6.61 Å². The van der Waals surface area contributed by atoms with Gasteiger partial charge in [-0.3, -0.25) is 0 Å². The molecule has 0 atom stereocenters. The number of aliphatic hydroxyl groups is 1. The summed E-state index contributed by atoms with van der Waals surface area (Å²) in [6.45, 7) is 4.73. The number of rotatable bonds is 4. The number of benzene rings is 2. The van der Waals surface area contributed by atoms with Gasteiger partial charge in [0.2, 0.25) is 0 Å². The zero-order chi connectivity index (χ0) is 15.1. The van der Waals surface area contributed by atoms with E-state index in [9.17, 15) is 0 Å². The zero-order valence-electron chi connectivity index (χ0n) is 12.5. The zero-order valence-corrected chi connectivity index (χ0v) is 12.5. The number of hydrogen-bond donors (Lipinski definition) is 1. The van der Waals surface area contributed by atoms with Crippen LogP contribution < -0.4 is 4.74 Å². The first-order chi connectivity index (χ1) is 10.2. The lowest BCUT2D eigenvalue weighted by atomic mass is 10.1. The van der Waals surface area contributed by atoms with Crippen LogP contribution in [0.3, 0.4) is 0 Å². The Morgan fingerprint density at radius 3 is 2.67 bits per heavy atom. The lowest BCUT2D eigenvalue weighted by molar-refractivity contribution is 0.303. The van der Waals surface area contributed by atoms with E-state index >= 15 is 0 Å². The van der Waals surface area contributed by atoms with Gasteiger partial charge in [-0.15, -0.1) is 0 Å². The molecule has 2 aromatic rings. The molecular formula is C19H20O2. The highest BCUT2D eigenvalue weighted by atomic mass is 16.5. The van der Waals surface area contributed by atoms with Gasteiger partial charge in [-0.05, 0) is 37.1 Å². The van der Waals surface area contributed by atoms with Crippen molar-refractivity contribution in [2.24, 2.45) is 0 Å². The molecule has 0 unspecified atom stereocenters. The van der Waals surface area contributed by atoms with Crippen molar-refractivity contribution in [2.45, 2.75) is 26.9 Å². The maximum atomic E-state index is 8.79. The minimum atomic E-state index is 0.0914. The molecule has 0 spiro atoms. The predicted molar refractivity (Wildman–Crippen MR) is 85.3 cm³/mol. The number of aliphatic hydroxyl groups excluding tert-OH is 1. The fourth-order valence-electron chi connectivity index (χ4n) is 2.02. The van der Waals surface area contributed by atoms with Crippen LogP contribution in [0.4, 0.5) is 0 Å². The maximum absolute atomic E-state index is 8.79. The molecule has 108 valence electrons. The Balaban J connectivity index is 2.14. The van der Waals surface area contributed by atoms with E-state index in [0.717, 1.165) is 16.9 Å². The van der Waals surface area contributed by atoms with E-state index < -0.39 is 0 Å². The highest BCUT2D eigenvalue weighted by molar-refractivity contribution is 5.42. The summed E-state index contributed by atoms with van der Waals surface area (Å²) >= 11 is 0. The molecule has 2 nitrogen and oxygen atoms in total. The van der Waals surface area contributed by atoms with Crippen molar-refractivity contribution in [1.29, 1.82) is 0 Å². The maximum Gasteiger partial charge on any atom is 0.122 e. The standard InChI is InChI=1S/C19H20O2/c1-15-8-7-12-19(16(15)2)21-14-18-11-4-3-9-17(18)10-5-6-13-20/h3-4,7-9,11-12,20H,6,13-14H2,1-2H3. The fourth-order valence-corrected chi connectivity index (χ4v) is 2.02. The van der Waals surface area contributed by atoms with E-state index in [-0.39, 0.29) is 6.61 Å². The molecule has 0 aromatic heterocycles. The van der Waals surface area contributed by atoms with E-state index in [1.807, 2.05) is 36.4 Å². The topological polar surface area (TPSA) is 29.5 Å². The van der Waals surface area contributed by atoms with Crippen molar-refractivity contribution in [3.63, 3.8) is 0 Å². The molecule has 1 N–H and O–H groups in total. The molecule has 0 heterocycles. The fraction of sp³-hybridized carbons (Fsp3) is 0.263. The van der Waals surface area contributed by atoms with Gasteiger partial charge in [-0.25, -0.2) is 0 Å². The third-order valence-corrected chi connectivity index (χ3v) is 3.42. The minimum absolute atomic E-state index is 0.0914. The van der Waals surface area contributed by atoms with Crippen molar-refractivity contribution in [1.82, 2.24) is 0 Å². The second-order valence-corrected chi connectivity index (χ2v) is 4.92.